The van der Waals surface area contributed by atoms with Crippen LogP contribution in [0.25, 0.3) is 0 Å². The summed E-state index contributed by atoms with van der Waals surface area (Å²) < 4.78 is 17.9. The second kappa shape index (κ2) is 6.21. The highest BCUT2D eigenvalue weighted by molar-refractivity contribution is 5.76. The Hall–Kier alpha value is -2.06. The van der Waals surface area contributed by atoms with Crippen LogP contribution < -0.4 is 5.32 Å². The molecule has 104 valence electrons. The molecule has 0 saturated carbocycles. The van der Waals surface area contributed by atoms with Crippen molar-refractivity contribution in [2.45, 2.75) is 12.1 Å². The molecule has 7 nitrogen and oxygen atoms in total. The minimum Gasteiger partial charge on any atom is -0.468 e. The van der Waals surface area contributed by atoms with Crippen LogP contribution in [0.15, 0.2) is 18.2 Å². The third kappa shape index (κ3) is 3.24. The molecule has 19 heavy (non-hydrogen) atoms. The zero-order valence-corrected chi connectivity index (χ0v) is 10.3. The maximum atomic E-state index is 13.4. The van der Waals surface area contributed by atoms with Crippen LogP contribution in [0.1, 0.15) is 11.7 Å². The van der Waals surface area contributed by atoms with Crippen LogP contribution in [0.2, 0.25) is 0 Å². The van der Waals surface area contributed by atoms with E-state index in [-0.39, 0.29) is 5.56 Å². The number of rotatable bonds is 5. The van der Waals surface area contributed by atoms with Gasteiger partial charge in [-0.3, -0.25) is 14.9 Å². The molecule has 0 aliphatic rings. The van der Waals surface area contributed by atoms with E-state index in [1.54, 1.807) is 0 Å². The maximum absolute atomic E-state index is 13.4. The number of nitrogens with one attached hydrogen (secondary N) is 1. The van der Waals surface area contributed by atoms with Crippen molar-refractivity contribution >= 4 is 11.7 Å². The zero-order chi connectivity index (χ0) is 14.6. The van der Waals surface area contributed by atoms with E-state index in [1.807, 2.05) is 0 Å². The van der Waals surface area contributed by atoms with Crippen molar-refractivity contribution in [3.63, 3.8) is 0 Å². The van der Waals surface area contributed by atoms with Gasteiger partial charge in [0, 0.05) is 6.07 Å². The summed E-state index contributed by atoms with van der Waals surface area (Å²) >= 11 is 0. The lowest BCUT2D eigenvalue weighted by Crippen LogP contribution is -2.40. The molecule has 0 heterocycles. The van der Waals surface area contributed by atoms with Gasteiger partial charge in [-0.25, -0.2) is 0 Å². The van der Waals surface area contributed by atoms with Gasteiger partial charge in [-0.2, -0.15) is 4.39 Å². The number of benzene rings is 1. The van der Waals surface area contributed by atoms with Crippen LogP contribution in [0.3, 0.4) is 0 Å². The summed E-state index contributed by atoms with van der Waals surface area (Å²) in [6.07, 6.45) is -1.38. The Labute approximate surface area is 108 Å². The first-order valence-electron chi connectivity index (χ1n) is 5.29. The van der Waals surface area contributed by atoms with E-state index in [9.17, 15) is 24.4 Å². The number of nitrogens with zero attached hydrogens (tertiary/aromatic N) is 1. The average Bonchev–Trinajstić information content (AvgIpc) is 2.38. The quantitative estimate of drug-likeness (QED) is 0.460. The largest absolute Gasteiger partial charge is 0.468 e. The van der Waals surface area contributed by atoms with Crippen molar-refractivity contribution in [1.82, 2.24) is 5.32 Å². The van der Waals surface area contributed by atoms with Gasteiger partial charge in [0.15, 0.2) is 0 Å². The lowest BCUT2D eigenvalue weighted by atomic mass is 10.0. The SMILES string of the molecule is CN[C@H](C(=O)OC)[C@H](O)c1ccc([N+](=O)[O-])c(F)c1. The number of nitro benzene ring substituents is 1. The van der Waals surface area contributed by atoms with Crippen molar-refractivity contribution in [2.75, 3.05) is 14.2 Å². The molecule has 0 spiro atoms. The summed E-state index contributed by atoms with van der Waals surface area (Å²) in [5.41, 5.74) is -0.664. The second-order valence-corrected chi connectivity index (χ2v) is 3.70. The van der Waals surface area contributed by atoms with Crippen LogP contribution in [-0.4, -0.2) is 36.2 Å². The van der Waals surface area contributed by atoms with E-state index in [0.717, 1.165) is 19.2 Å². The highest BCUT2D eigenvalue weighted by atomic mass is 19.1. The van der Waals surface area contributed by atoms with Crippen LogP contribution in [0, 0.1) is 15.9 Å². The molecular weight excluding hydrogens is 259 g/mol. The Balaban J connectivity index is 3.06. The summed E-state index contributed by atoms with van der Waals surface area (Å²) in [5, 5.41) is 22.9. The summed E-state index contributed by atoms with van der Waals surface area (Å²) in [6, 6.07) is 1.83. The van der Waals surface area contributed by atoms with Crippen molar-refractivity contribution < 1.29 is 24.0 Å². The summed E-state index contributed by atoms with van der Waals surface area (Å²) in [6.45, 7) is 0. The fourth-order valence-electron chi connectivity index (χ4n) is 1.58. The predicted octanol–water partition coefficient (Wildman–Crippen LogP) is 0.528. The number of methoxy groups -OCH3 is 1. The molecule has 0 radical (unpaired) electrons. The molecule has 1 rings (SSSR count). The molecule has 0 aliphatic carbocycles. The highest BCUT2D eigenvalue weighted by Crippen LogP contribution is 2.24. The Kier molecular flexibility index (Phi) is 4.90. The molecule has 0 amide bonds. The number of ether oxygens (including phenoxy) is 1. The first-order chi connectivity index (χ1) is 8.92. The molecule has 0 fully saturated rings. The number of carbonyl (C=O) groups is 1. The Bertz CT molecular complexity index is 494. The van der Waals surface area contributed by atoms with Crippen LogP contribution in [-0.2, 0) is 9.53 Å². The Morgan fingerprint density at radius 3 is 2.63 bits per heavy atom. The van der Waals surface area contributed by atoms with Crippen molar-refractivity contribution in [1.29, 1.82) is 0 Å². The van der Waals surface area contributed by atoms with Gasteiger partial charge in [0.25, 0.3) is 0 Å². The van der Waals surface area contributed by atoms with Gasteiger partial charge in [-0.05, 0) is 24.7 Å². The Morgan fingerprint density at radius 2 is 2.21 bits per heavy atom. The van der Waals surface area contributed by atoms with E-state index in [2.05, 4.69) is 10.1 Å². The molecular formula is C11H13FN2O5. The molecule has 0 saturated heterocycles. The maximum Gasteiger partial charge on any atom is 0.325 e. The van der Waals surface area contributed by atoms with Crippen molar-refractivity contribution in [3.8, 4) is 0 Å². The normalized spacial score (nSPS) is 13.7. The van der Waals surface area contributed by atoms with E-state index < -0.39 is 34.5 Å². The van der Waals surface area contributed by atoms with Gasteiger partial charge < -0.3 is 15.2 Å². The van der Waals surface area contributed by atoms with Crippen molar-refractivity contribution in [3.05, 3.63) is 39.7 Å². The van der Waals surface area contributed by atoms with Gasteiger partial charge in [-0.1, -0.05) is 0 Å². The third-order valence-corrected chi connectivity index (χ3v) is 2.59. The molecule has 2 N–H and O–H groups in total. The second-order valence-electron chi connectivity index (χ2n) is 3.70. The van der Waals surface area contributed by atoms with E-state index >= 15 is 0 Å². The number of nitro groups is 1. The first-order valence-corrected chi connectivity index (χ1v) is 5.29. The minimum atomic E-state index is -1.38. The summed E-state index contributed by atoms with van der Waals surface area (Å²) in [4.78, 5) is 21.0. The van der Waals surface area contributed by atoms with Gasteiger partial charge in [-0.15, -0.1) is 0 Å². The number of aliphatic hydroxyl groups is 1. The molecule has 2 atom stereocenters. The molecule has 0 aliphatic heterocycles. The number of halogens is 1. The molecule has 0 bridgehead atoms. The van der Waals surface area contributed by atoms with Gasteiger partial charge in [0.1, 0.15) is 12.1 Å². The van der Waals surface area contributed by atoms with Crippen LogP contribution >= 0.6 is 0 Å². The first kappa shape index (κ1) is 15.0. The van der Waals surface area contributed by atoms with E-state index in [1.165, 1.54) is 13.1 Å². The lowest BCUT2D eigenvalue weighted by molar-refractivity contribution is -0.387. The van der Waals surface area contributed by atoms with E-state index in [4.69, 9.17) is 0 Å². The van der Waals surface area contributed by atoms with Gasteiger partial charge >= 0.3 is 11.7 Å². The summed E-state index contributed by atoms with van der Waals surface area (Å²) in [7, 11) is 2.57. The fraction of sp³-hybridized carbons (Fsp3) is 0.364. The fourth-order valence-corrected chi connectivity index (χ4v) is 1.58. The molecule has 0 unspecified atom stereocenters. The average molecular weight is 272 g/mol. The van der Waals surface area contributed by atoms with Gasteiger partial charge in [0.2, 0.25) is 5.82 Å². The van der Waals surface area contributed by atoms with Crippen LogP contribution in [0.5, 0.6) is 0 Å². The number of carbonyl (C=O) groups excluding carboxylic acids is 1. The predicted molar refractivity (Wildman–Crippen MR) is 62.9 cm³/mol. The Morgan fingerprint density at radius 1 is 1.58 bits per heavy atom. The number of esters is 1. The molecule has 1 aromatic rings. The van der Waals surface area contributed by atoms with Crippen molar-refractivity contribution in [2.24, 2.45) is 0 Å². The minimum absolute atomic E-state index is 0.0350. The molecule has 1 aromatic carbocycles. The van der Waals surface area contributed by atoms with Crippen LogP contribution in [0.4, 0.5) is 10.1 Å². The number of hydrogen-bond acceptors (Lipinski definition) is 6. The standard InChI is InChI=1S/C11H13FN2O5/c1-13-9(11(16)19-2)10(15)6-3-4-8(14(17)18)7(12)5-6/h3-5,9-10,13,15H,1-2H3/t9-,10+/m0/s1. The van der Waals surface area contributed by atoms with E-state index in [0.29, 0.717) is 0 Å². The highest BCUT2D eigenvalue weighted by Gasteiger charge is 2.28. The zero-order valence-electron chi connectivity index (χ0n) is 10.3. The molecule has 8 heteroatoms. The smallest absolute Gasteiger partial charge is 0.325 e. The number of aliphatic hydroxyl groups excluding tert-OH is 1. The summed E-state index contributed by atoms with van der Waals surface area (Å²) in [5.74, 6) is -1.81. The monoisotopic (exact) mass is 272 g/mol. The lowest BCUT2D eigenvalue weighted by Gasteiger charge is -2.20. The number of likely N-dealkylation sites (N-methyl/N-ethyl adjacent to an activating group) is 1. The third-order valence-electron chi connectivity index (χ3n) is 2.59. The van der Waals surface area contributed by atoms with Gasteiger partial charge in [0.05, 0.1) is 12.0 Å². The molecule has 0 aromatic heterocycles. The number of hydrogen-bond donors (Lipinski definition) is 2. The topological polar surface area (TPSA) is 102 Å².